The highest BCUT2D eigenvalue weighted by Crippen LogP contribution is 2.17. The standard InChI is InChI=1S/C16H19N7O.2ClH/c1-23(16-14-15(20-9-19-14)21-10-22-16)8-13(24)18-7-12(17)11-5-3-2-4-6-11;;/h2-6,9-10,12H,7-8,17H2,1H3,(H,18,24)(H,19,20,21,22);2*1H. The zero-order valence-electron chi connectivity index (χ0n) is 14.1. The van der Waals surface area contributed by atoms with Crippen molar-refractivity contribution < 1.29 is 4.79 Å². The van der Waals surface area contributed by atoms with E-state index >= 15 is 0 Å². The van der Waals surface area contributed by atoms with E-state index in [2.05, 4.69) is 25.3 Å². The van der Waals surface area contributed by atoms with Crippen LogP contribution < -0.4 is 16.0 Å². The lowest BCUT2D eigenvalue weighted by molar-refractivity contribution is -0.119. The molecule has 1 atom stereocenters. The topological polar surface area (TPSA) is 113 Å². The Labute approximate surface area is 163 Å². The number of nitrogens with one attached hydrogen (secondary N) is 2. The van der Waals surface area contributed by atoms with E-state index in [1.165, 1.54) is 6.33 Å². The van der Waals surface area contributed by atoms with E-state index in [4.69, 9.17) is 5.73 Å². The van der Waals surface area contributed by atoms with Crippen molar-refractivity contribution in [1.29, 1.82) is 0 Å². The van der Waals surface area contributed by atoms with E-state index in [0.717, 1.165) is 5.56 Å². The maximum Gasteiger partial charge on any atom is 0.239 e. The number of H-pyrrole nitrogens is 1. The number of benzene rings is 1. The van der Waals surface area contributed by atoms with Gasteiger partial charge in [-0.3, -0.25) is 4.79 Å². The summed E-state index contributed by atoms with van der Waals surface area (Å²) in [6, 6.07) is 9.43. The molecule has 3 rings (SSSR count). The third-order valence-electron chi connectivity index (χ3n) is 3.69. The predicted octanol–water partition coefficient (Wildman–Crippen LogP) is 1.45. The molecule has 0 spiro atoms. The van der Waals surface area contributed by atoms with Crippen LogP contribution in [0.15, 0.2) is 43.0 Å². The van der Waals surface area contributed by atoms with Crippen molar-refractivity contribution in [3.63, 3.8) is 0 Å². The minimum absolute atomic E-state index is 0. The van der Waals surface area contributed by atoms with Crippen molar-refractivity contribution in [2.75, 3.05) is 25.0 Å². The van der Waals surface area contributed by atoms with Gasteiger partial charge >= 0.3 is 0 Å². The highest BCUT2D eigenvalue weighted by atomic mass is 35.5. The molecule has 0 saturated carbocycles. The lowest BCUT2D eigenvalue weighted by atomic mass is 10.1. The number of rotatable bonds is 6. The van der Waals surface area contributed by atoms with Gasteiger partial charge in [0.1, 0.15) is 11.8 Å². The van der Waals surface area contributed by atoms with E-state index in [1.54, 1.807) is 18.3 Å². The SMILES string of the molecule is CN(CC(=O)NCC(N)c1ccccc1)c1ncnc2nc[nH]c12.Cl.Cl. The molecule has 140 valence electrons. The zero-order valence-corrected chi connectivity index (χ0v) is 15.8. The molecule has 8 nitrogen and oxygen atoms in total. The minimum atomic E-state index is -0.237. The number of likely N-dealkylation sites (N-methyl/N-ethyl adjacent to an activating group) is 1. The van der Waals surface area contributed by atoms with E-state index in [0.29, 0.717) is 23.5 Å². The van der Waals surface area contributed by atoms with Gasteiger partial charge in [-0.05, 0) is 5.56 Å². The van der Waals surface area contributed by atoms with Crippen molar-refractivity contribution in [1.82, 2.24) is 25.3 Å². The molecule has 10 heteroatoms. The lowest BCUT2D eigenvalue weighted by Gasteiger charge is -2.19. The molecule has 0 aliphatic rings. The molecule has 0 aliphatic carbocycles. The fourth-order valence-corrected chi connectivity index (χ4v) is 2.43. The van der Waals surface area contributed by atoms with Gasteiger partial charge in [-0.1, -0.05) is 30.3 Å². The first-order valence-corrected chi connectivity index (χ1v) is 7.57. The molecule has 0 fully saturated rings. The summed E-state index contributed by atoms with van der Waals surface area (Å²) in [7, 11) is 1.79. The van der Waals surface area contributed by atoms with Gasteiger partial charge in [-0.2, -0.15) is 0 Å². The highest BCUT2D eigenvalue weighted by Gasteiger charge is 2.14. The molecule has 2 heterocycles. The number of imidazole rings is 1. The summed E-state index contributed by atoms with van der Waals surface area (Å²) in [5, 5.41) is 2.85. The fourth-order valence-electron chi connectivity index (χ4n) is 2.43. The molecule has 1 unspecified atom stereocenters. The highest BCUT2D eigenvalue weighted by molar-refractivity contribution is 5.87. The summed E-state index contributed by atoms with van der Waals surface area (Å²) < 4.78 is 0. The van der Waals surface area contributed by atoms with Gasteiger partial charge in [0.2, 0.25) is 5.91 Å². The molecule has 2 aromatic heterocycles. The van der Waals surface area contributed by atoms with Crippen LogP contribution in [0.5, 0.6) is 0 Å². The number of fused-ring (bicyclic) bond motifs is 1. The first kappa shape index (κ1) is 21.6. The van der Waals surface area contributed by atoms with Gasteiger partial charge in [0.15, 0.2) is 11.5 Å². The second-order valence-electron chi connectivity index (χ2n) is 5.48. The number of anilines is 1. The predicted molar refractivity (Wildman–Crippen MR) is 106 cm³/mol. The molecule has 0 radical (unpaired) electrons. The third kappa shape index (κ3) is 5.04. The average Bonchev–Trinajstić information content (AvgIpc) is 3.09. The molecule has 1 amide bonds. The molecule has 3 aromatic rings. The number of aromatic nitrogens is 4. The average molecular weight is 398 g/mol. The number of amides is 1. The second-order valence-corrected chi connectivity index (χ2v) is 5.48. The Bertz CT molecular complexity index is 828. The Morgan fingerprint density at radius 3 is 2.69 bits per heavy atom. The number of carbonyl (C=O) groups is 1. The summed E-state index contributed by atoms with van der Waals surface area (Å²) >= 11 is 0. The number of hydrogen-bond acceptors (Lipinski definition) is 6. The van der Waals surface area contributed by atoms with E-state index in [9.17, 15) is 4.79 Å². The molecule has 0 aliphatic heterocycles. The van der Waals surface area contributed by atoms with E-state index in [1.807, 2.05) is 30.3 Å². The number of aromatic amines is 1. The number of nitrogens with zero attached hydrogens (tertiary/aromatic N) is 4. The van der Waals surface area contributed by atoms with Gasteiger partial charge in [-0.15, -0.1) is 24.8 Å². The van der Waals surface area contributed by atoms with Crippen LogP contribution in [-0.4, -0.2) is 46.0 Å². The first-order chi connectivity index (χ1) is 11.6. The Kier molecular flexibility index (Phi) is 8.24. The lowest BCUT2D eigenvalue weighted by Crippen LogP contribution is -2.39. The van der Waals surface area contributed by atoms with Crippen molar-refractivity contribution >= 4 is 47.7 Å². The molecule has 4 N–H and O–H groups in total. The summed E-state index contributed by atoms with van der Waals surface area (Å²) in [6.07, 6.45) is 2.98. The Morgan fingerprint density at radius 2 is 1.96 bits per heavy atom. The van der Waals surface area contributed by atoms with Gasteiger partial charge in [0, 0.05) is 19.6 Å². The largest absolute Gasteiger partial charge is 0.353 e. The normalized spacial score (nSPS) is 11.2. The van der Waals surface area contributed by atoms with Crippen LogP contribution in [-0.2, 0) is 4.79 Å². The second kappa shape index (κ2) is 9.91. The molecule has 1 aromatic carbocycles. The molecular weight excluding hydrogens is 377 g/mol. The molecule has 0 saturated heterocycles. The summed E-state index contributed by atoms with van der Waals surface area (Å²) in [5.41, 5.74) is 8.34. The van der Waals surface area contributed by atoms with Gasteiger partial charge in [0.25, 0.3) is 0 Å². The summed E-state index contributed by atoms with van der Waals surface area (Å²) in [5.74, 6) is 0.496. The van der Waals surface area contributed by atoms with Crippen LogP contribution in [0, 0.1) is 0 Å². The van der Waals surface area contributed by atoms with Crippen LogP contribution >= 0.6 is 24.8 Å². The number of carbonyl (C=O) groups excluding carboxylic acids is 1. The van der Waals surface area contributed by atoms with Crippen LogP contribution in [0.1, 0.15) is 11.6 Å². The van der Waals surface area contributed by atoms with Crippen LogP contribution in [0.25, 0.3) is 11.2 Å². The number of halogens is 2. The third-order valence-corrected chi connectivity index (χ3v) is 3.69. The quantitative estimate of drug-likeness (QED) is 0.579. The first-order valence-electron chi connectivity index (χ1n) is 7.57. The van der Waals surface area contributed by atoms with Gasteiger partial charge in [-0.25, -0.2) is 15.0 Å². The van der Waals surface area contributed by atoms with E-state index in [-0.39, 0.29) is 43.3 Å². The molecule has 0 bridgehead atoms. The Balaban J connectivity index is 0.00000169. The summed E-state index contributed by atoms with van der Waals surface area (Å²) in [4.78, 5) is 29.2. The maximum absolute atomic E-state index is 12.2. The van der Waals surface area contributed by atoms with E-state index < -0.39 is 0 Å². The van der Waals surface area contributed by atoms with Crippen molar-refractivity contribution in [2.24, 2.45) is 5.73 Å². The van der Waals surface area contributed by atoms with Crippen molar-refractivity contribution in [3.05, 3.63) is 48.5 Å². The van der Waals surface area contributed by atoms with Crippen LogP contribution in [0.4, 0.5) is 5.82 Å². The van der Waals surface area contributed by atoms with Gasteiger partial charge < -0.3 is 20.9 Å². The number of hydrogen-bond donors (Lipinski definition) is 3. The Morgan fingerprint density at radius 1 is 1.23 bits per heavy atom. The Hall–Kier alpha value is -2.42. The molecular formula is C16H21Cl2N7O. The van der Waals surface area contributed by atoms with Crippen molar-refractivity contribution in [2.45, 2.75) is 6.04 Å². The molecule has 26 heavy (non-hydrogen) atoms. The zero-order chi connectivity index (χ0) is 16.9. The van der Waals surface area contributed by atoms with Crippen molar-refractivity contribution in [3.8, 4) is 0 Å². The van der Waals surface area contributed by atoms with Crippen LogP contribution in [0.2, 0.25) is 0 Å². The fraction of sp³-hybridized carbons (Fsp3) is 0.250. The minimum Gasteiger partial charge on any atom is -0.353 e. The maximum atomic E-state index is 12.2. The van der Waals surface area contributed by atoms with Crippen LogP contribution in [0.3, 0.4) is 0 Å². The monoisotopic (exact) mass is 397 g/mol. The van der Waals surface area contributed by atoms with Gasteiger partial charge in [0.05, 0.1) is 12.9 Å². The summed E-state index contributed by atoms with van der Waals surface area (Å²) in [6.45, 7) is 0.534. The number of nitrogens with two attached hydrogens (primary N) is 1. The smallest absolute Gasteiger partial charge is 0.239 e.